The zero-order valence-electron chi connectivity index (χ0n) is 10.9. The zero-order valence-corrected chi connectivity index (χ0v) is 11.7. The average molecular weight is 240 g/mol. The number of thiazole rings is 1. The Bertz CT molecular complexity index is 294. The maximum atomic E-state index is 4.47. The van der Waals surface area contributed by atoms with Crippen molar-refractivity contribution in [2.75, 3.05) is 6.54 Å². The summed E-state index contributed by atoms with van der Waals surface area (Å²) >= 11 is 1.78. The van der Waals surface area contributed by atoms with Crippen LogP contribution in [0, 0.1) is 12.8 Å². The fourth-order valence-electron chi connectivity index (χ4n) is 1.90. The van der Waals surface area contributed by atoms with Crippen molar-refractivity contribution >= 4 is 11.3 Å². The van der Waals surface area contributed by atoms with Crippen LogP contribution in [0.2, 0.25) is 0 Å². The molecule has 0 saturated carbocycles. The second-order valence-corrected chi connectivity index (χ2v) is 5.91. The SMILES string of the molecule is Cc1csc(CCCNC(C)CC(C)C)n1. The predicted molar refractivity (Wildman–Crippen MR) is 72.1 cm³/mol. The standard InChI is InChI=1S/C13H24N2S/c1-10(2)8-11(3)14-7-5-6-13-15-12(4)9-16-13/h9-11,14H,5-8H2,1-4H3. The molecule has 92 valence electrons. The normalized spacial score (nSPS) is 13.3. The second kappa shape index (κ2) is 7.02. The van der Waals surface area contributed by atoms with Crippen molar-refractivity contribution in [2.24, 2.45) is 5.92 Å². The Morgan fingerprint density at radius 1 is 1.38 bits per heavy atom. The summed E-state index contributed by atoms with van der Waals surface area (Å²) in [6.07, 6.45) is 3.56. The number of nitrogens with zero attached hydrogens (tertiary/aromatic N) is 1. The van der Waals surface area contributed by atoms with Gasteiger partial charge in [-0.1, -0.05) is 13.8 Å². The molecule has 0 radical (unpaired) electrons. The zero-order chi connectivity index (χ0) is 12.0. The molecule has 0 aromatic carbocycles. The van der Waals surface area contributed by atoms with E-state index in [1.807, 2.05) is 0 Å². The highest BCUT2D eigenvalue weighted by atomic mass is 32.1. The van der Waals surface area contributed by atoms with Gasteiger partial charge in [-0.05, 0) is 39.2 Å². The molecule has 1 atom stereocenters. The van der Waals surface area contributed by atoms with Gasteiger partial charge in [0.05, 0.1) is 5.01 Å². The first-order chi connectivity index (χ1) is 7.58. The van der Waals surface area contributed by atoms with Crippen LogP contribution < -0.4 is 5.32 Å². The molecule has 1 aromatic heterocycles. The van der Waals surface area contributed by atoms with Gasteiger partial charge in [-0.25, -0.2) is 4.98 Å². The Hall–Kier alpha value is -0.410. The van der Waals surface area contributed by atoms with Crippen molar-refractivity contribution in [3.05, 3.63) is 16.1 Å². The Labute approximate surface area is 103 Å². The molecular weight excluding hydrogens is 216 g/mol. The lowest BCUT2D eigenvalue weighted by atomic mass is 10.1. The van der Waals surface area contributed by atoms with E-state index in [0.29, 0.717) is 6.04 Å². The van der Waals surface area contributed by atoms with E-state index in [9.17, 15) is 0 Å². The van der Waals surface area contributed by atoms with Gasteiger partial charge in [0.2, 0.25) is 0 Å². The van der Waals surface area contributed by atoms with Crippen molar-refractivity contribution in [2.45, 2.75) is 53.0 Å². The minimum absolute atomic E-state index is 0.637. The lowest BCUT2D eigenvalue weighted by molar-refractivity contribution is 0.439. The molecule has 0 fully saturated rings. The van der Waals surface area contributed by atoms with Gasteiger partial charge in [-0.2, -0.15) is 0 Å². The van der Waals surface area contributed by atoms with E-state index in [1.165, 1.54) is 17.8 Å². The molecule has 0 saturated heterocycles. The van der Waals surface area contributed by atoms with Crippen LogP contribution in [0.25, 0.3) is 0 Å². The third kappa shape index (κ3) is 5.61. The third-order valence-corrected chi connectivity index (χ3v) is 3.58. The summed E-state index contributed by atoms with van der Waals surface area (Å²) in [5.74, 6) is 0.782. The van der Waals surface area contributed by atoms with Gasteiger partial charge < -0.3 is 5.32 Å². The molecule has 3 heteroatoms. The molecule has 1 aromatic rings. The van der Waals surface area contributed by atoms with Gasteiger partial charge in [-0.15, -0.1) is 11.3 Å². The number of aromatic nitrogens is 1. The minimum atomic E-state index is 0.637. The topological polar surface area (TPSA) is 24.9 Å². The molecule has 1 rings (SSSR count). The van der Waals surface area contributed by atoms with Gasteiger partial charge in [0.1, 0.15) is 0 Å². The number of hydrogen-bond donors (Lipinski definition) is 1. The van der Waals surface area contributed by atoms with E-state index in [2.05, 4.69) is 43.4 Å². The summed E-state index contributed by atoms with van der Waals surface area (Å²) in [5.41, 5.74) is 1.15. The van der Waals surface area contributed by atoms with Crippen LogP contribution >= 0.6 is 11.3 Å². The summed E-state index contributed by atoms with van der Waals surface area (Å²) in [7, 11) is 0. The highest BCUT2D eigenvalue weighted by molar-refractivity contribution is 7.09. The van der Waals surface area contributed by atoms with Gasteiger partial charge in [0, 0.05) is 23.5 Å². The highest BCUT2D eigenvalue weighted by Gasteiger charge is 2.04. The van der Waals surface area contributed by atoms with Crippen LogP contribution in [0.4, 0.5) is 0 Å². The highest BCUT2D eigenvalue weighted by Crippen LogP contribution is 2.10. The molecule has 0 aliphatic carbocycles. The van der Waals surface area contributed by atoms with Crippen LogP contribution in [0.1, 0.15) is 44.3 Å². The van der Waals surface area contributed by atoms with Crippen LogP contribution in [-0.4, -0.2) is 17.6 Å². The Morgan fingerprint density at radius 2 is 2.12 bits per heavy atom. The molecule has 1 unspecified atom stereocenters. The van der Waals surface area contributed by atoms with E-state index in [0.717, 1.165) is 24.6 Å². The van der Waals surface area contributed by atoms with E-state index in [1.54, 1.807) is 11.3 Å². The summed E-state index contributed by atoms with van der Waals surface area (Å²) in [5, 5.41) is 6.97. The van der Waals surface area contributed by atoms with Gasteiger partial charge in [-0.3, -0.25) is 0 Å². The largest absolute Gasteiger partial charge is 0.314 e. The molecule has 0 spiro atoms. The van der Waals surface area contributed by atoms with E-state index in [-0.39, 0.29) is 0 Å². The number of hydrogen-bond acceptors (Lipinski definition) is 3. The molecule has 0 aliphatic rings. The predicted octanol–water partition coefficient (Wildman–Crippen LogP) is 3.41. The first kappa shape index (κ1) is 13.7. The van der Waals surface area contributed by atoms with Crippen LogP contribution in [-0.2, 0) is 6.42 Å². The van der Waals surface area contributed by atoms with Crippen molar-refractivity contribution in [3.63, 3.8) is 0 Å². The minimum Gasteiger partial charge on any atom is -0.314 e. The molecule has 1 N–H and O–H groups in total. The molecule has 16 heavy (non-hydrogen) atoms. The summed E-state index contributed by atoms with van der Waals surface area (Å²) in [6.45, 7) is 9.98. The van der Waals surface area contributed by atoms with Crippen LogP contribution in [0.3, 0.4) is 0 Å². The van der Waals surface area contributed by atoms with Crippen molar-refractivity contribution in [3.8, 4) is 0 Å². The van der Waals surface area contributed by atoms with Crippen molar-refractivity contribution in [1.29, 1.82) is 0 Å². The maximum Gasteiger partial charge on any atom is 0.0928 e. The first-order valence-electron chi connectivity index (χ1n) is 6.22. The van der Waals surface area contributed by atoms with Gasteiger partial charge >= 0.3 is 0 Å². The fourth-order valence-corrected chi connectivity index (χ4v) is 2.71. The van der Waals surface area contributed by atoms with Crippen molar-refractivity contribution in [1.82, 2.24) is 10.3 Å². The van der Waals surface area contributed by atoms with Crippen LogP contribution in [0.5, 0.6) is 0 Å². The second-order valence-electron chi connectivity index (χ2n) is 4.97. The Kier molecular flexibility index (Phi) is 5.99. The summed E-state index contributed by atoms with van der Waals surface area (Å²) in [6, 6.07) is 0.637. The molecular formula is C13H24N2S. The third-order valence-electron chi connectivity index (χ3n) is 2.55. The quantitative estimate of drug-likeness (QED) is 0.739. The monoisotopic (exact) mass is 240 g/mol. The van der Waals surface area contributed by atoms with E-state index < -0.39 is 0 Å². The van der Waals surface area contributed by atoms with Gasteiger partial charge in [0.15, 0.2) is 0 Å². The molecule has 1 heterocycles. The van der Waals surface area contributed by atoms with Gasteiger partial charge in [0.25, 0.3) is 0 Å². The summed E-state index contributed by atoms with van der Waals surface area (Å²) < 4.78 is 0. The molecule has 0 aliphatic heterocycles. The lowest BCUT2D eigenvalue weighted by Gasteiger charge is -2.15. The van der Waals surface area contributed by atoms with E-state index >= 15 is 0 Å². The number of aryl methyl sites for hydroxylation is 2. The van der Waals surface area contributed by atoms with Crippen molar-refractivity contribution < 1.29 is 0 Å². The summed E-state index contributed by atoms with van der Waals surface area (Å²) in [4.78, 5) is 4.47. The number of rotatable bonds is 7. The number of nitrogens with one attached hydrogen (secondary N) is 1. The Balaban J connectivity index is 2.07. The average Bonchev–Trinajstić information content (AvgIpc) is 2.58. The molecule has 2 nitrogen and oxygen atoms in total. The lowest BCUT2D eigenvalue weighted by Crippen LogP contribution is -2.28. The Morgan fingerprint density at radius 3 is 2.69 bits per heavy atom. The molecule has 0 bridgehead atoms. The molecule has 0 amide bonds. The first-order valence-corrected chi connectivity index (χ1v) is 7.10. The smallest absolute Gasteiger partial charge is 0.0928 e. The maximum absolute atomic E-state index is 4.47. The fraction of sp³-hybridized carbons (Fsp3) is 0.769. The van der Waals surface area contributed by atoms with Crippen LogP contribution in [0.15, 0.2) is 5.38 Å². The van der Waals surface area contributed by atoms with E-state index in [4.69, 9.17) is 0 Å².